The first-order chi connectivity index (χ1) is 9.22. The minimum Gasteiger partial charge on any atom is -0.497 e. The Morgan fingerprint density at radius 3 is 2.47 bits per heavy atom. The van der Waals surface area contributed by atoms with E-state index < -0.39 is 0 Å². The Labute approximate surface area is 113 Å². The van der Waals surface area contributed by atoms with Gasteiger partial charge in [0, 0.05) is 5.69 Å². The van der Waals surface area contributed by atoms with Crippen molar-refractivity contribution in [1.82, 2.24) is 0 Å². The van der Waals surface area contributed by atoms with E-state index in [0.717, 1.165) is 17.0 Å². The number of anilines is 1. The molecule has 19 heavy (non-hydrogen) atoms. The Morgan fingerprint density at radius 2 is 1.89 bits per heavy atom. The van der Waals surface area contributed by atoms with Crippen molar-refractivity contribution in [3.63, 3.8) is 0 Å². The van der Waals surface area contributed by atoms with Gasteiger partial charge in [0.2, 0.25) is 0 Å². The molecular formula is C16H19NO2. The summed E-state index contributed by atoms with van der Waals surface area (Å²) in [6.45, 7) is 2.10. The molecular weight excluding hydrogens is 238 g/mol. The zero-order valence-electron chi connectivity index (χ0n) is 11.3. The van der Waals surface area contributed by atoms with Crippen LogP contribution in [0.1, 0.15) is 17.2 Å². The van der Waals surface area contributed by atoms with Gasteiger partial charge in [0.25, 0.3) is 0 Å². The molecule has 0 fully saturated rings. The van der Waals surface area contributed by atoms with Crippen molar-refractivity contribution >= 4 is 5.69 Å². The van der Waals surface area contributed by atoms with Crippen molar-refractivity contribution in [2.45, 2.75) is 13.0 Å². The lowest BCUT2D eigenvalue weighted by Gasteiger charge is -2.18. The summed E-state index contributed by atoms with van der Waals surface area (Å²) < 4.78 is 5.12. The zero-order valence-corrected chi connectivity index (χ0v) is 11.3. The molecule has 0 aliphatic heterocycles. The van der Waals surface area contributed by atoms with E-state index in [4.69, 9.17) is 4.74 Å². The molecule has 1 unspecified atom stereocenters. The summed E-state index contributed by atoms with van der Waals surface area (Å²) in [6, 6.07) is 15.7. The summed E-state index contributed by atoms with van der Waals surface area (Å²) >= 11 is 0. The molecule has 0 amide bonds. The molecule has 0 saturated heterocycles. The normalized spacial score (nSPS) is 11.9. The van der Waals surface area contributed by atoms with Crippen molar-refractivity contribution in [2.75, 3.05) is 19.0 Å². The van der Waals surface area contributed by atoms with Crippen LogP contribution >= 0.6 is 0 Å². The number of hydrogen-bond acceptors (Lipinski definition) is 3. The van der Waals surface area contributed by atoms with Crippen LogP contribution in [0.2, 0.25) is 0 Å². The van der Waals surface area contributed by atoms with Gasteiger partial charge in [-0.15, -0.1) is 0 Å². The predicted octanol–water partition coefficient (Wildman–Crippen LogP) is 3.15. The van der Waals surface area contributed by atoms with Crippen molar-refractivity contribution < 1.29 is 9.84 Å². The highest BCUT2D eigenvalue weighted by atomic mass is 16.5. The van der Waals surface area contributed by atoms with E-state index in [-0.39, 0.29) is 12.6 Å². The molecule has 2 aromatic carbocycles. The minimum absolute atomic E-state index is 0.0511. The van der Waals surface area contributed by atoms with Gasteiger partial charge in [0.05, 0.1) is 19.8 Å². The van der Waals surface area contributed by atoms with E-state index in [0.29, 0.717) is 0 Å². The minimum atomic E-state index is -0.103. The lowest BCUT2D eigenvalue weighted by atomic mass is 10.0. The van der Waals surface area contributed by atoms with E-state index >= 15 is 0 Å². The fourth-order valence-corrected chi connectivity index (χ4v) is 2.01. The van der Waals surface area contributed by atoms with E-state index in [1.165, 1.54) is 5.56 Å². The number of aryl methyl sites for hydroxylation is 1. The summed E-state index contributed by atoms with van der Waals surface area (Å²) in [7, 11) is 1.64. The molecule has 0 spiro atoms. The number of aliphatic hydroxyl groups excluding tert-OH is 1. The number of nitrogens with one attached hydrogen (secondary N) is 1. The molecule has 3 heteroatoms. The standard InChI is InChI=1S/C16H19NO2/c1-12-4-3-5-13(10-12)16(11-18)17-14-6-8-15(19-2)9-7-14/h3-10,16-18H,11H2,1-2H3. The van der Waals surface area contributed by atoms with E-state index in [1.807, 2.05) is 49.4 Å². The molecule has 0 aliphatic rings. The second-order valence-electron chi connectivity index (χ2n) is 4.52. The summed E-state index contributed by atoms with van der Waals surface area (Å²) in [5.41, 5.74) is 3.23. The molecule has 2 rings (SSSR count). The zero-order chi connectivity index (χ0) is 13.7. The molecule has 3 nitrogen and oxygen atoms in total. The molecule has 100 valence electrons. The van der Waals surface area contributed by atoms with Gasteiger partial charge in [0.1, 0.15) is 5.75 Å². The summed E-state index contributed by atoms with van der Waals surface area (Å²) in [5.74, 6) is 0.821. The van der Waals surface area contributed by atoms with Gasteiger partial charge in [-0.25, -0.2) is 0 Å². The second-order valence-corrected chi connectivity index (χ2v) is 4.52. The van der Waals surface area contributed by atoms with Gasteiger partial charge in [-0.05, 0) is 36.8 Å². The quantitative estimate of drug-likeness (QED) is 0.864. The molecule has 0 bridgehead atoms. The fourth-order valence-electron chi connectivity index (χ4n) is 2.01. The van der Waals surface area contributed by atoms with Crippen molar-refractivity contribution in [3.8, 4) is 5.75 Å². The van der Waals surface area contributed by atoms with Gasteiger partial charge in [-0.1, -0.05) is 29.8 Å². The molecule has 0 saturated carbocycles. The lowest BCUT2D eigenvalue weighted by molar-refractivity contribution is 0.276. The summed E-state index contributed by atoms with van der Waals surface area (Å²) in [4.78, 5) is 0. The maximum absolute atomic E-state index is 9.55. The third-order valence-corrected chi connectivity index (χ3v) is 3.06. The first-order valence-corrected chi connectivity index (χ1v) is 6.31. The van der Waals surface area contributed by atoms with Gasteiger partial charge < -0.3 is 15.2 Å². The van der Waals surface area contributed by atoms with Gasteiger partial charge in [-0.2, -0.15) is 0 Å². The van der Waals surface area contributed by atoms with Crippen LogP contribution in [0.4, 0.5) is 5.69 Å². The van der Waals surface area contributed by atoms with Gasteiger partial charge in [0.15, 0.2) is 0 Å². The van der Waals surface area contributed by atoms with Crippen LogP contribution in [0, 0.1) is 6.92 Å². The summed E-state index contributed by atoms with van der Waals surface area (Å²) in [5, 5.41) is 12.9. The highest BCUT2D eigenvalue weighted by molar-refractivity contribution is 5.48. The number of hydrogen-bond donors (Lipinski definition) is 2. The average molecular weight is 257 g/mol. The molecule has 0 heterocycles. The number of ether oxygens (including phenoxy) is 1. The van der Waals surface area contributed by atoms with Crippen LogP contribution in [0.5, 0.6) is 5.75 Å². The largest absolute Gasteiger partial charge is 0.497 e. The fraction of sp³-hybridized carbons (Fsp3) is 0.250. The van der Waals surface area contributed by atoms with E-state index in [2.05, 4.69) is 11.4 Å². The SMILES string of the molecule is COc1ccc(NC(CO)c2cccc(C)c2)cc1. The van der Waals surface area contributed by atoms with Crippen LogP contribution in [-0.4, -0.2) is 18.8 Å². The monoisotopic (exact) mass is 257 g/mol. The van der Waals surface area contributed by atoms with Crippen molar-refractivity contribution in [1.29, 1.82) is 0 Å². The van der Waals surface area contributed by atoms with E-state index in [1.54, 1.807) is 7.11 Å². The molecule has 0 radical (unpaired) electrons. The van der Waals surface area contributed by atoms with Crippen molar-refractivity contribution in [3.05, 3.63) is 59.7 Å². The third kappa shape index (κ3) is 3.48. The molecule has 0 aliphatic carbocycles. The maximum atomic E-state index is 9.55. The Bertz CT molecular complexity index is 523. The highest BCUT2D eigenvalue weighted by Gasteiger charge is 2.10. The number of rotatable bonds is 5. The Morgan fingerprint density at radius 1 is 1.16 bits per heavy atom. The Balaban J connectivity index is 2.14. The summed E-state index contributed by atoms with van der Waals surface area (Å²) in [6.07, 6.45) is 0. The first-order valence-electron chi connectivity index (χ1n) is 6.31. The lowest BCUT2D eigenvalue weighted by Crippen LogP contribution is -2.14. The number of methoxy groups -OCH3 is 1. The van der Waals surface area contributed by atoms with Gasteiger partial charge >= 0.3 is 0 Å². The predicted molar refractivity (Wildman–Crippen MR) is 77.6 cm³/mol. The maximum Gasteiger partial charge on any atom is 0.119 e. The third-order valence-electron chi connectivity index (χ3n) is 3.06. The average Bonchev–Trinajstić information content (AvgIpc) is 2.45. The first kappa shape index (κ1) is 13.4. The molecule has 2 N–H and O–H groups in total. The van der Waals surface area contributed by atoms with Crippen LogP contribution < -0.4 is 10.1 Å². The number of benzene rings is 2. The van der Waals surface area contributed by atoms with Crippen LogP contribution in [0.15, 0.2) is 48.5 Å². The highest BCUT2D eigenvalue weighted by Crippen LogP contribution is 2.22. The van der Waals surface area contributed by atoms with Crippen molar-refractivity contribution in [2.24, 2.45) is 0 Å². The molecule has 0 aromatic heterocycles. The van der Waals surface area contributed by atoms with Crippen LogP contribution in [0.25, 0.3) is 0 Å². The van der Waals surface area contributed by atoms with E-state index in [9.17, 15) is 5.11 Å². The molecule has 2 aromatic rings. The Kier molecular flexibility index (Phi) is 4.42. The van der Waals surface area contributed by atoms with Gasteiger partial charge in [-0.3, -0.25) is 0 Å². The second kappa shape index (κ2) is 6.25. The topological polar surface area (TPSA) is 41.5 Å². The number of aliphatic hydroxyl groups is 1. The Hall–Kier alpha value is -2.00. The molecule has 1 atom stereocenters. The smallest absolute Gasteiger partial charge is 0.119 e. The van der Waals surface area contributed by atoms with Crippen LogP contribution in [-0.2, 0) is 0 Å². The van der Waals surface area contributed by atoms with Crippen LogP contribution in [0.3, 0.4) is 0 Å².